The second-order valence-corrected chi connectivity index (χ2v) is 9.36. The van der Waals surface area contributed by atoms with Crippen LogP contribution in [0.3, 0.4) is 0 Å². The Kier molecular flexibility index (Phi) is 4.94. The summed E-state index contributed by atoms with van der Waals surface area (Å²) < 4.78 is 32.5. The van der Waals surface area contributed by atoms with Gasteiger partial charge in [-0.1, -0.05) is 29.8 Å². The van der Waals surface area contributed by atoms with Crippen molar-refractivity contribution in [2.45, 2.75) is 11.0 Å². The first kappa shape index (κ1) is 20.0. The molecule has 0 aliphatic carbocycles. The van der Waals surface area contributed by atoms with Crippen molar-refractivity contribution in [3.05, 3.63) is 76.4 Å². The maximum Gasteiger partial charge on any atom is 0.333 e. The maximum absolute atomic E-state index is 13.2. The van der Waals surface area contributed by atoms with Crippen molar-refractivity contribution in [1.82, 2.24) is 3.97 Å². The van der Waals surface area contributed by atoms with Gasteiger partial charge in [-0.25, -0.2) is 17.2 Å². The van der Waals surface area contributed by atoms with Crippen LogP contribution in [0.1, 0.15) is 11.7 Å². The summed E-state index contributed by atoms with van der Waals surface area (Å²) in [4.78, 5) is 11.7. The van der Waals surface area contributed by atoms with E-state index in [1.807, 2.05) is 0 Å². The van der Waals surface area contributed by atoms with E-state index in [0.29, 0.717) is 26.5 Å². The molecule has 1 aliphatic rings. The molecule has 2 unspecified atom stereocenters. The molecule has 4 rings (SSSR count). The van der Waals surface area contributed by atoms with E-state index in [4.69, 9.17) is 27.9 Å². The normalized spacial score (nSPS) is 18.2. The van der Waals surface area contributed by atoms with Crippen LogP contribution in [0.25, 0.3) is 10.9 Å². The average molecular weight is 452 g/mol. The molecule has 1 fully saturated rings. The number of esters is 1. The van der Waals surface area contributed by atoms with E-state index < -0.39 is 28.0 Å². The summed E-state index contributed by atoms with van der Waals surface area (Å²) in [5.74, 6) is -1.26. The van der Waals surface area contributed by atoms with Gasteiger partial charge in [-0.3, -0.25) is 0 Å². The Morgan fingerprint density at radius 3 is 2.41 bits per heavy atom. The highest BCUT2D eigenvalue weighted by molar-refractivity contribution is 7.90. The number of rotatable bonds is 4. The van der Waals surface area contributed by atoms with Gasteiger partial charge in [0, 0.05) is 32.8 Å². The van der Waals surface area contributed by atoms with E-state index in [-0.39, 0.29) is 17.1 Å². The zero-order chi connectivity index (χ0) is 20.9. The van der Waals surface area contributed by atoms with Crippen LogP contribution in [-0.4, -0.2) is 30.1 Å². The van der Waals surface area contributed by atoms with Crippen molar-refractivity contribution in [3.63, 3.8) is 0 Å². The number of aliphatic hydroxyl groups is 1. The van der Waals surface area contributed by atoms with Crippen LogP contribution >= 0.6 is 23.2 Å². The lowest BCUT2D eigenvalue weighted by atomic mass is 9.92. The first-order valence-corrected chi connectivity index (χ1v) is 10.8. The van der Waals surface area contributed by atoms with Crippen LogP contribution in [0.5, 0.6) is 0 Å². The van der Waals surface area contributed by atoms with Crippen LogP contribution in [-0.2, 0) is 19.6 Å². The van der Waals surface area contributed by atoms with E-state index in [1.54, 1.807) is 18.2 Å². The summed E-state index contributed by atoms with van der Waals surface area (Å²) in [5, 5.41) is 12.2. The molecular weight excluding hydrogens is 437 g/mol. The molecule has 29 heavy (non-hydrogen) atoms. The van der Waals surface area contributed by atoms with Crippen LogP contribution in [0.15, 0.2) is 65.7 Å². The Morgan fingerprint density at radius 2 is 1.79 bits per heavy atom. The number of ether oxygens (including phenoxy) is 1. The summed E-state index contributed by atoms with van der Waals surface area (Å²) in [6.07, 6.45) is 0.141. The van der Waals surface area contributed by atoms with E-state index in [1.165, 1.54) is 30.5 Å². The molecule has 0 bridgehead atoms. The van der Waals surface area contributed by atoms with Crippen LogP contribution in [0, 0.1) is 5.92 Å². The predicted molar refractivity (Wildman–Crippen MR) is 110 cm³/mol. The minimum atomic E-state index is -3.97. The van der Waals surface area contributed by atoms with Crippen molar-refractivity contribution in [2.75, 3.05) is 6.61 Å². The minimum Gasteiger partial charge on any atom is -0.462 e. The molecule has 0 spiro atoms. The van der Waals surface area contributed by atoms with Gasteiger partial charge in [0.05, 0.1) is 22.4 Å². The first-order chi connectivity index (χ1) is 13.7. The van der Waals surface area contributed by atoms with Crippen LogP contribution < -0.4 is 0 Å². The van der Waals surface area contributed by atoms with E-state index in [9.17, 15) is 18.3 Å². The lowest BCUT2D eigenvalue weighted by Gasteiger charge is -2.15. The molecule has 2 aromatic carbocycles. The number of fused-ring (bicyclic) bond motifs is 1. The molecule has 150 valence electrons. The van der Waals surface area contributed by atoms with Crippen LogP contribution in [0.2, 0.25) is 10.0 Å². The van der Waals surface area contributed by atoms with Gasteiger partial charge in [0.25, 0.3) is 10.0 Å². The van der Waals surface area contributed by atoms with Crippen molar-refractivity contribution >= 4 is 50.1 Å². The largest absolute Gasteiger partial charge is 0.462 e. The van der Waals surface area contributed by atoms with Gasteiger partial charge in [0.2, 0.25) is 0 Å². The molecule has 1 aromatic heterocycles. The van der Waals surface area contributed by atoms with Crippen LogP contribution in [0.4, 0.5) is 0 Å². The first-order valence-electron chi connectivity index (χ1n) is 8.56. The number of hydrogen-bond acceptors (Lipinski definition) is 5. The molecule has 0 saturated carbocycles. The second-order valence-electron chi connectivity index (χ2n) is 6.68. The molecule has 1 N–H and O–H groups in total. The number of benzene rings is 2. The number of cyclic esters (lactones) is 1. The van der Waals surface area contributed by atoms with Crippen molar-refractivity contribution in [1.29, 1.82) is 0 Å². The fourth-order valence-electron chi connectivity index (χ4n) is 3.36. The highest BCUT2D eigenvalue weighted by Crippen LogP contribution is 2.38. The molecule has 3 aromatic rings. The molecule has 2 heterocycles. The highest BCUT2D eigenvalue weighted by Gasteiger charge is 2.37. The minimum absolute atomic E-state index is 0.0317. The Morgan fingerprint density at radius 1 is 1.14 bits per heavy atom. The Bertz CT molecular complexity index is 1250. The van der Waals surface area contributed by atoms with Gasteiger partial charge < -0.3 is 9.84 Å². The smallest absolute Gasteiger partial charge is 0.333 e. The number of aromatic nitrogens is 1. The van der Waals surface area contributed by atoms with E-state index in [0.717, 1.165) is 3.97 Å². The number of halogens is 2. The maximum atomic E-state index is 13.2. The summed E-state index contributed by atoms with van der Waals surface area (Å²) in [5.41, 5.74) is 0.791. The highest BCUT2D eigenvalue weighted by atomic mass is 35.5. The Hall–Kier alpha value is -2.32. The second kappa shape index (κ2) is 7.18. The average Bonchev–Trinajstić information content (AvgIpc) is 3.22. The van der Waals surface area contributed by atoms with Gasteiger partial charge in [0.1, 0.15) is 6.61 Å². The number of nitrogens with zero attached hydrogens (tertiary/aromatic N) is 1. The molecular formula is C20H15Cl2NO5S. The van der Waals surface area contributed by atoms with Crippen molar-refractivity contribution in [2.24, 2.45) is 5.92 Å². The molecule has 1 saturated heterocycles. The number of hydrogen-bond donors (Lipinski definition) is 1. The lowest BCUT2D eigenvalue weighted by Crippen LogP contribution is -2.15. The van der Waals surface area contributed by atoms with Crippen molar-refractivity contribution < 1.29 is 23.1 Å². The fraction of sp³-hybridized carbons (Fsp3) is 0.150. The topological polar surface area (TPSA) is 85.6 Å². The summed E-state index contributed by atoms with van der Waals surface area (Å²) in [6.45, 7) is 3.64. The molecule has 2 atom stereocenters. The SMILES string of the molecule is C=C1C(=O)OCC1C(O)c1cn(S(=O)(=O)c2ccc(Cl)cc2)c2ccc(Cl)cc12. The van der Waals surface area contributed by atoms with Gasteiger partial charge in [-0.15, -0.1) is 0 Å². The Labute approximate surface area is 177 Å². The molecule has 9 heteroatoms. The quantitative estimate of drug-likeness (QED) is 0.479. The fourth-order valence-corrected chi connectivity index (χ4v) is 5.04. The summed E-state index contributed by atoms with van der Waals surface area (Å²) in [6, 6.07) is 10.5. The number of carbonyl (C=O) groups excluding carboxylic acids is 1. The molecule has 0 amide bonds. The standard InChI is InChI=1S/C20H15Cl2NO5S/c1-11-17(10-28-20(11)25)19(24)16-9-23(18-7-4-13(22)8-15(16)18)29(26,27)14-5-2-12(21)3-6-14/h2-9,17,19,24H,1,10H2. The van der Waals surface area contributed by atoms with Crippen molar-refractivity contribution in [3.8, 4) is 0 Å². The lowest BCUT2D eigenvalue weighted by molar-refractivity contribution is -0.135. The van der Waals surface area contributed by atoms with Gasteiger partial charge in [0.15, 0.2) is 0 Å². The monoisotopic (exact) mass is 451 g/mol. The van der Waals surface area contributed by atoms with E-state index in [2.05, 4.69) is 6.58 Å². The van der Waals surface area contributed by atoms with E-state index >= 15 is 0 Å². The molecule has 0 radical (unpaired) electrons. The van der Waals surface area contributed by atoms with Gasteiger partial charge >= 0.3 is 5.97 Å². The zero-order valence-corrected chi connectivity index (χ0v) is 17.2. The summed E-state index contributed by atoms with van der Waals surface area (Å²) in [7, 11) is -3.97. The third kappa shape index (κ3) is 3.34. The third-order valence-corrected chi connectivity index (χ3v) is 7.11. The number of carbonyl (C=O) groups is 1. The number of aliphatic hydroxyl groups excluding tert-OH is 1. The third-order valence-electron chi connectivity index (χ3n) is 4.94. The van der Waals surface area contributed by atoms with Gasteiger partial charge in [-0.2, -0.15) is 0 Å². The predicted octanol–water partition coefficient (Wildman–Crippen LogP) is 3.95. The Balaban J connectivity index is 1.90. The molecule has 1 aliphatic heterocycles. The summed E-state index contributed by atoms with van der Waals surface area (Å²) >= 11 is 12.0. The van der Waals surface area contributed by atoms with Gasteiger partial charge in [-0.05, 0) is 42.5 Å². The zero-order valence-electron chi connectivity index (χ0n) is 14.9. The molecule has 6 nitrogen and oxygen atoms in total.